The van der Waals surface area contributed by atoms with Gasteiger partial charge in [-0.1, -0.05) is 23.3 Å². The molecule has 0 amide bonds. The van der Waals surface area contributed by atoms with Gasteiger partial charge in [0.05, 0.1) is 11.9 Å². The van der Waals surface area contributed by atoms with E-state index in [2.05, 4.69) is 15.0 Å². The van der Waals surface area contributed by atoms with Gasteiger partial charge in [-0.25, -0.2) is 4.98 Å². The number of benzene rings is 1. The lowest BCUT2D eigenvalue weighted by Gasteiger charge is -1.98. The molecule has 0 aliphatic carbocycles. The molecule has 0 atom stereocenters. The van der Waals surface area contributed by atoms with Gasteiger partial charge in [0, 0.05) is 10.5 Å². The zero-order valence-electron chi connectivity index (χ0n) is 7.16. The quantitative estimate of drug-likeness (QED) is 0.410. The van der Waals surface area contributed by atoms with Crippen molar-refractivity contribution in [3.8, 4) is 11.5 Å². The number of azide groups is 1. The zero-order valence-corrected chi connectivity index (χ0v) is 7.16. The van der Waals surface area contributed by atoms with Crippen molar-refractivity contribution >= 4 is 5.69 Å². The Morgan fingerprint density at radius 2 is 2.21 bits per heavy atom. The molecule has 14 heavy (non-hydrogen) atoms. The number of hydrogen-bond donors (Lipinski definition) is 0. The van der Waals surface area contributed by atoms with Crippen molar-refractivity contribution in [2.75, 3.05) is 0 Å². The summed E-state index contributed by atoms with van der Waals surface area (Å²) in [6.45, 7) is 0. The smallest absolute Gasteiger partial charge is 0.226 e. The van der Waals surface area contributed by atoms with Gasteiger partial charge in [-0.2, -0.15) is 0 Å². The second-order valence-corrected chi connectivity index (χ2v) is 2.54. The fourth-order valence-corrected chi connectivity index (χ4v) is 1.15. The fourth-order valence-electron chi connectivity index (χ4n) is 1.15. The zero-order chi connectivity index (χ0) is 9.80. The summed E-state index contributed by atoms with van der Waals surface area (Å²) in [4.78, 5) is 6.71. The highest BCUT2D eigenvalue weighted by Gasteiger charge is 2.05. The normalized spacial score (nSPS) is 9.43. The summed E-state index contributed by atoms with van der Waals surface area (Å²) in [6, 6.07) is 7.11. The standard InChI is InChI=1S/C9H6N4O/c10-13-12-8-4-2-1-3-7(8)9-11-5-6-14-9/h1-6H. The van der Waals surface area contributed by atoms with Gasteiger partial charge >= 0.3 is 0 Å². The first-order chi connectivity index (χ1) is 6.92. The predicted octanol–water partition coefficient (Wildman–Crippen LogP) is 3.28. The molecule has 0 aliphatic rings. The first-order valence-corrected chi connectivity index (χ1v) is 3.96. The summed E-state index contributed by atoms with van der Waals surface area (Å²) in [6.07, 6.45) is 3.02. The minimum atomic E-state index is 0.452. The maximum absolute atomic E-state index is 8.35. The van der Waals surface area contributed by atoms with Crippen molar-refractivity contribution in [1.29, 1.82) is 0 Å². The molecule has 5 heteroatoms. The number of rotatable bonds is 2. The molecule has 0 fully saturated rings. The van der Waals surface area contributed by atoms with E-state index in [1.54, 1.807) is 24.4 Å². The van der Waals surface area contributed by atoms with E-state index in [0.29, 0.717) is 17.1 Å². The third-order valence-electron chi connectivity index (χ3n) is 1.72. The Morgan fingerprint density at radius 1 is 1.36 bits per heavy atom. The highest BCUT2D eigenvalue weighted by molar-refractivity contribution is 5.69. The highest BCUT2D eigenvalue weighted by atomic mass is 16.3. The number of hydrogen-bond acceptors (Lipinski definition) is 3. The molecule has 1 aromatic heterocycles. The molecule has 0 spiro atoms. The SMILES string of the molecule is [N-]=[N+]=Nc1ccccc1-c1ncco1. The van der Waals surface area contributed by atoms with Crippen LogP contribution >= 0.6 is 0 Å². The Bertz CT molecular complexity index is 471. The molecule has 0 saturated carbocycles. The van der Waals surface area contributed by atoms with E-state index < -0.39 is 0 Å². The van der Waals surface area contributed by atoms with Crippen molar-refractivity contribution in [3.05, 3.63) is 47.2 Å². The minimum absolute atomic E-state index is 0.452. The van der Waals surface area contributed by atoms with Gasteiger partial charge in [-0.15, -0.1) is 0 Å². The maximum Gasteiger partial charge on any atom is 0.226 e. The molecule has 68 valence electrons. The van der Waals surface area contributed by atoms with E-state index in [1.807, 2.05) is 6.07 Å². The monoisotopic (exact) mass is 186 g/mol. The van der Waals surface area contributed by atoms with Gasteiger partial charge in [0.15, 0.2) is 0 Å². The van der Waals surface area contributed by atoms with Crippen LogP contribution in [0, 0.1) is 0 Å². The van der Waals surface area contributed by atoms with Crippen LogP contribution in [0.25, 0.3) is 21.9 Å². The Hall–Kier alpha value is -2.26. The summed E-state index contributed by atoms with van der Waals surface area (Å²) < 4.78 is 5.11. The molecular weight excluding hydrogens is 180 g/mol. The van der Waals surface area contributed by atoms with Gasteiger partial charge in [0.2, 0.25) is 5.89 Å². The van der Waals surface area contributed by atoms with Crippen molar-refractivity contribution < 1.29 is 4.42 Å². The molecular formula is C9H6N4O. The fraction of sp³-hybridized carbons (Fsp3) is 0. The molecule has 0 N–H and O–H groups in total. The van der Waals surface area contributed by atoms with E-state index in [0.717, 1.165) is 0 Å². The van der Waals surface area contributed by atoms with Crippen molar-refractivity contribution in [2.45, 2.75) is 0 Å². The van der Waals surface area contributed by atoms with Gasteiger partial charge in [0.25, 0.3) is 0 Å². The van der Waals surface area contributed by atoms with Crippen molar-refractivity contribution in [2.24, 2.45) is 5.11 Å². The van der Waals surface area contributed by atoms with Gasteiger partial charge < -0.3 is 4.42 Å². The maximum atomic E-state index is 8.35. The van der Waals surface area contributed by atoms with Crippen LogP contribution in [0.15, 0.2) is 46.3 Å². The largest absolute Gasteiger partial charge is 0.445 e. The van der Waals surface area contributed by atoms with E-state index in [1.165, 1.54) is 6.26 Å². The molecule has 2 aromatic rings. The van der Waals surface area contributed by atoms with Crippen LogP contribution in [0.3, 0.4) is 0 Å². The third kappa shape index (κ3) is 1.44. The molecule has 0 saturated heterocycles. The first kappa shape index (κ1) is 8.34. The van der Waals surface area contributed by atoms with Crippen LogP contribution < -0.4 is 0 Å². The van der Waals surface area contributed by atoms with Gasteiger partial charge in [-0.05, 0) is 11.6 Å². The topological polar surface area (TPSA) is 74.8 Å². The molecule has 2 rings (SSSR count). The summed E-state index contributed by atoms with van der Waals surface area (Å²) in [5.41, 5.74) is 9.55. The molecule has 1 heterocycles. The Kier molecular flexibility index (Phi) is 2.17. The van der Waals surface area contributed by atoms with Crippen LogP contribution in [0.4, 0.5) is 5.69 Å². The summed E-state index contributed by atoms with van der Waals surface area (Å²) in [7, 11) is 0. The summed E-state index contributed by atoms with van der Waals surface area (Å²) >= 11 is 0. The second-order valence-electron chi connectivity index (χ2n) is 2.54. The van der Waals surface area contributed by atoms with Crippen LogP contribution in [-0.2, 0) is 0 Å². The second kappa shape index (κ2) is 3.64. The van der Waals surface area contributed by atoms with Crippen LogP contribution in [0.5, 0.6) is 0 Å². The van der Waals surface area contributed by atoms with Crippen LogP contribution in [0.1, 0.15) is 0 Å². The number of oxazole rings is 1. The summed E-state index contributed by atoms with van der Waals surface area (Å²) in [5, 5.41) is 3.54. The predicted molar refractivity (Wildman–Crippen MR) is 50.7 cm³/mol. The molecule has 0 unspecified atom stereocenters. The Balaban J connectivity index is 2.57. The molecule has 0 bridgehead atoms. The van der Waals surface area contributed by atoms with Gasteiger partial charge in [0.1, 0.15) is 6.26 Å². The first-order valence-electron chi connectivity index (χ1n) is 3.96. The van der Waals surface area contributed by atoms with Crippen molar-refractivity contribution in [1.82, 2.24) is 4.98 Å². The molecule has 1 aromatic carbocycles. The van der Waals surface area contributed by atoms with Crippen LogP contribution in [0.2, 0.25) is 0 Å². The lowest BCUT2D eigenvalue weighted by Crippen LogP contribution is -1.76. The average molecular weight is 186 g/mol. The Labute approximate surface area is 79.6 Å². The molecule has 5 nitrogen and oxygen atoms in total. The molecule has 0 radical (unpaired) electrons. The summed E-state index contributed by atoms with van der Waals surface area (Å²) in [5.74, 6) is 0.452. The van der Waals surface area contributed by atoms with E-state index >= 15 is 0 Å². The average Bonchev–Trinajstić information content (AvgIpc) is 2.72. The third-order valence-corrected chi connectivity index (χ3v) is 1.72. The van der Waals surface area contributed by atoms with E-state index in [-0.39, 0.29) is 0 Å². The van der Waals surface area contributed by atoms with Crippen LogP contribution in [-0.4, -0.2) is 4.98 Å². The molecule has 0 aliphatic heterocycles. The minimum Gasteiger partial charge on any atom is -0.445 e. The van der Waals surface area contributed by atoms with E-state index in [4.69, 9.17) is 9.95 Å². The number of nitrogens with zero attached hydrogens (tertiary/aromatic N) is 4. The Morgan fingerprint density at radius 3 is 2.93 bits per heavy atom. The van der Waals surface area contributed by atoms with Crippen molar-refractivity contribution in [3.63, 3.8) is 0 Å². The lowest BCUT2D eigenvalue weighted by molar-refractivity contribution is 0.574. The lowest BCUT2D eigenvalue weighted by atomic mass is 10.2. The van der Waals surface area contributed by atoms with Gasteiger partial charge in [-0.3, -0.25) is 0 Å². The number of aromatic nitrogens is 1. The van der Waals surface area contributed by atoms with E-state index in [9.17, 15) is 0 Å². The highest BCUT2D eigenvalue weighted by Crippen LogP contribution is 2.28.